The number of hydrogen-bond acceptors (Lipinski definition) is 6. The van der Waals surface area contributed by atoms with Crippen LogP contribution in [-0.4, -0.2) is 52.0 Å². The van der Waals surface area contributed by atoms with Crippen LogP contribution in [0, 0.1) is 0 Å². The Labute approximate surface area is 146 Å². The molecule has 130 valence electrons. The molecule has 0 spiro atoms. The van der Waals surface area contributed by atoms with Crippen molar-refractivity contribution in [3.05, 3.63) is 34.1 Å². The minimum Gasteiger partial charge on any atom is -0.340 e. The molecule has 0 radical (unpaired) electrons. The molecule has 6 nitrogen and oxygen atoms in total. The number of nitrogens with zero attached hydrogens (tertiary/aromatic N) is 4. The number of carbonyl (C=O) groups is 1. The fourth-order valence-corrected chi connectivity index (χ4v) is 3.63. The second-order valence-corrected chi connectivity index (χ2v) is 7.08. The summed E-state index contributed by atoms with van der Waals surface area (Å²) in [6, 6.07) is 4.20. The second kappa shape index (κ2) is 8.39. The van der Waals surface area contributed by atoms with E-state index in [-0.39, 0.29) is 5.91 Å². The zero-order chi connectivity index (χ0) is 16.8. The highest BCUT2D eigenvalue weighted by molar-refractivity contribution is 7.09. The van der Waals surface area contributed by atoms with Gasteiger partial charge in [0.1, 0.15) is 0 Å². The fraction of sp³-hybridized carbons (Fsp3) is 0.588. The lowest BCUT2D eigenvalue weighted by Gasteiger charge is -2.34. The Morgan fingerprint density at radius 3 is 2.83 bits per heavy atom. The maximum atomic E-state index is 12.3. The molecule has 1 amide bonds. The Bertz CT molecular complexity index is 633. The second-order valence-electron chi connectivity index (χ2n) is 6.05. The van der Waals surface area contributed by atoms with Crippen molar-refractivity contribution in [2.75, 3.05) is 26.2 Å². The number of carbonyl (C=O) groups excluding carboxylic acids is 1. The third-order valence-corrected chi connectivity index (χ3v) is 5.23. The van der Waals surface area contributed by atoms with Crippen molar-refractivity contribution in [3.63, 3.8) is 0 Å². The summed E-state index contributed by atoms with van der Waals surface area (Å²) >= 11 is 1.76. The zero-order valence-electron chi connectivity index (χ0n) is 14.1. The van der Waals surface area contributed by atoms with Crippen LogP contribution in [0.1, 0.15) is 36.4 Å². The van der Waals surface area contributed by atoms with Crippen LogP contribution in [0.3, 0.4) is 0 Å². The highest BCUT2D eigenvalue weighted by Gasteiger charge is 2.21. The smallest absolute Gasteiger partial charge is 0.226 e. The van der Waals surface area contributed by atoms with Crippen molar-refractivity contribution in [2.24, 2.45) is 0 Å². The van der Waals surface area contributed by atoms with Gasteiger partial charge in [0.2, 0.25) is 11.8 Å². The first-order valence-electron chi connectivity index (χ1n) is 8.58. The summed E-state index contributed by atoms with van der Waals surface area (Å²) in [5, 5.41) is 6.08. The number of aromatic nitrogens is 2. The number of piperazine rings is 1. The van der Waals surface area contributed by atoms with Crippen LogP contribution in [0.5, 0.6) is 0 Å². The van der Waals surface area contributed by atoms with Gasteiger partial charge >= 0.3 is 0 Å². The van der Waals surface area contributed by atoms with Crippen molar-refractivity contribution in [1.29, 1.82) is 0 Å². The van der Waals surface area contributed by atoms with Crippen LogP contribution < -0.4 is 0 Å². The molecule has 0 atom stereocenters. The number of thiophene rings is 1. The van der Waals surface area contributed by atoms with Gasteiger partial charge in [-0.2, -0.15) is 4.98 Å². The van der Waals surface area contributed by atoms with Gasteiger partial charge in [0.05, 0.1) is 6.54 Å². The van der Waals surface area contributed by atoms with Gasteiger partial charge in [-0.25, -0.2) is 0 Å². The molecule has 1 aliphatic rings. The first kappa shape index (κ1) is 17.1. The average molecular weight is 348 g/mol. The molecular weight excluding hydrogens is 324 g/mol. The first-order chi connectivity index (χ1) is 11.7. The number of rotatable bonds is 7. The number of aryl methyl sites for hydroxylation is 2. The van der Waals surface area contributed by atoms with Gasteiger partial charge in [-0.1, -0.05) is 18.1 Å². The summed E-state index contributed by atoms with van der Waals surface area (Å²) in [5.41, 5.74) is 0. The summed E-state index contributed by atoms with van der Waals surface area (Å²) in [4.78, 5) is 22.3. The van der Waals surface area contributed by atoms with Gasteiger partial charge in [0, 0.05) is 43.9 Å². The van der Waals surface area contributed by atoms with E-state index < -0.39 is 0 Å². The summed E-state index contributed by atoms with van der Waals surface area (Å²) in [7, 11) is 0. The van der Waals surface area contributed by atoms with E-state index in [2.05, 4.69) is 32.6 Å². The first-order valence-corrected chi connectivity index (χ1v) is 9.46. The SMILES string of the molecule is CCc1nc(CN2CCN(C(=O)CCCc3cccs3)CC2)no1. The van der Waals surface area contributed by atoms with E-state index in [9.17, 15) is 4.79 Å². The molecule has 2 aromatic heterocycles. The highest BCUT2D eigenvalue weighted by Crippen LogP contribution is 2.13. The van der Waals surface area contributed by atoms with E-state index >= 15 is 0 Å². The lowest BCUT2D eigenvalue weighted by molar-refractivity contribution is -0.133. The number of hydrogen-bond donors (Lipinski definition) is 0. The minimum absolute atomic E-state index is 0.277. The topological polar surface area (TPSA) is 62.5 Å². The minimum atomic E-state index is 0.277. The van der Waals surface area contributed by atoms with Crippen LogP contribution in [0.25, 0.3) is 0 Å². The Kier molecular flexibility index (Phi) is 5.98. The molecule has 7 heteroatoms. The lowest BCUT2D eigenvalue weighted by Crippen LogP contribution is -2.48. The van der Waals surface area contributed by atoms with Gasteiger partial charge < -0.3 is 9.42 Å². The Balaban J connectivity index is 1.37. The van der Waals surface area contributed by atoms with Gasteiger partial charge in [-0.05, 0) is 24.3 Å². The quantitative estimate of drug-likeness (QED) is 0.769. The maximum absolute atomic E-state index is 12.3. The summed E-state index contributed by atoms with van der Waals surface area (Å²) in [6.07, 6.45) is 3.34. The molecular formula is C17H24N4O2S. The van der Waals surface area contributed by atoms with E-state index in [1.54, 1.807) is 11.3 Å². The van der Waals surface area contributed by atoms with Crippen LogP contribution >= 0.6 is 11.3 Å². The van der Waals surface area contributed by atoms with Crippen molar-refractivity contribution in [2.45, 2.75) is 39.2 Å². The third kappa shape index (κ3) is 4.64. The van der Waals surface area contributed by atoms with Gasteiger partial charge in [-0.3, -0.25) is 9.69 Å². The molecule has 24 heavy (non-hydrogen) atoms. The zero-order valence-corrected chi connectivity index (χ0v) is 14.9. The van der Waals surface area contributed by atoms with Crippen molar-refractivity contribution >= 4 is 17.2 Å². The fourth-order valence-electron chi connectivity index (χ4n) is 2.88. The largest absolute Gasteiger partial charge is 0.340 e. The van der Waals surface area contributed by atoms with Crippen molar-refractivity contribution in [3.8, 4) is 0 Å². The van der Waals surface area contributed by atoms with E-state index in [1.807, 2.05) is 11.8 Å². The summed E-state index contributed by atoms with van der Waals surface area (Å²) < 4.78 is 5.14. The molecule has 3 heterocycles. The van der Waals surface area contributed by atoms with Crippen LogP contribution in [0.2, 0.25) is 0 Å². The number of amides is 1. The normalized spacial score (nSPS) is 15.8. The van der Waals surface area contributed by atoms with E-state index in [4.69, 9.17) is 4.52 Å². The molecule has 0 aliphatic carbocycles. The van der Waals surface area contributed by atoms with Crippen molar-refractivity contribution in [1.82, 2.24) is 19.9 Å². The molecule has 0 N–H and O–H groups in total. The standard InChI is InChI=1S/C17H24N4O2S/c1-2-16-18-15(19-23-16)13-20-8-10-21(11-9-20)17(22)7-3-5-14-6-4-12-24-14/h4,6,12H,2-3,5,7-11,13H2,1H3. The molecule has 0 saturated carbocycles. The molecule has 1 fully saturated rings. The molecule has 0 aromatic carbocycles. The molecule has 0 unspecified atom stereocenters. The van der Waals surface area contributed by atoms with Crippen molar-refractivity contribution < 1.29 is 9.32 Å². The predicted molar refractivity (Wildman–Crippen MR) is 92.8 cm³/mol. The molecule has 0 bridgehead atoms. The monoisotopic (exact) mass is 348 g/mol. The summed E-state index contributed by atoms with van der Waals surface area (Å²) in [6.45, 7) is 6.01. The van der Waals surface area contributed by atoms with E-state index in [1.165, 1.54) is 4.88 Å². The van der Waals surface area contributed by atoms with E-state index in [0.29, 0.717) is 18.9 Å². The van der Waals surface area contributed by atoms with E-state index in [0.717, 1.165) is 51.3 Å². The molecule has 1 saturated heterocycles. The molecule has 1 aliphatic heterocycles. The van der Waals surface area contributed by atoms with Crippen LogP contribution in [0.4, 0.5) is 0 Å². The van der Waals surface area contributed by atoms with Gasteiger partial charge in [0.15, 0.2) is 5.82 Å². The maximum Gasteiger partial charge on any atom is 0.226 e. The average Bonchev–Trinajstić information content (AvgIpc) is 3.27. The lowest BCUT2D eigenvalue weighted by atomic mass is 10.2. The highest BCUT2D eigenvalue weighted by atomic mass is 32.1. The van der Waals surface area contributed by atoms with Crippen LogP contribution in [0.15, 0.2) is 22.0 Å². The van der Waals surface area contributed by atoms with Crippen LogP contribution in [-0.2, 0) is 24.2 Å². The van der Waals surface area contributed by atoms with Gasteiger partial charge in [0.25, 0.3) is 0 Å². The molecule has 3 rings (SSSR count). The Morgan fingerprint density at radius 1 is 1.33 bits per heavy atom. The molecule has 2 aromatic rings. The van der Waals surface area contributed by atoms with Gasteiger partial charge in [-0.15, -0.1) is 11.3 Å². The predicted octanol–water partition coefficient (Wildman–Crippen LogP) is 2.36. The Hall–Kier alpha value is -1.73. The third-order valence-electron chi connectivity index (χ3n) is 4.30. The summed E-state index contributed by atoms with van der Waals surface area (Å²) in [5.74, 6) is 1.70. The Morgan fingerprint density at radius 2 is 2.17 bits per heavy atom.